The molecule has 0 bridgehead atoms. The molecule has 0 rings (SSSR count). The molecule has 0 aliphatic heterocycles. The second kappa shape index (κ2) is 6.16. The van der Waals surface area contributed by atoms with Gasteiger partial charge in [-0.15, -0.1) is 0 Å². The summed E-state index contributed by atoms with van der Waals surface area (Å²) in [5, 5.41) is 8.89. The van der Waals surface area contributed by atoms with E-state index in [2.05, 4.69) is 19.2 Å². The summed E-state index contributed by atoms with van der Waals surface area (Å²) in [6.07, 6.45) is 0. The fourth-order valence-corrected chi connectivity index (χ4v) is 0.698. The van der Waals surface area contributed by atoms with Crippen molar-refractivity contribution in [3.63, 3.8) is 0 Å². The third-order valence-corrected chi connectivity index (χ3v) is 0.539. The number of rotatable bonds is 0. The predicted octanol–water partition coefficient (Wildman–Crippen LogP) is 0.224. The standard InChI is InChI=1S/C5H9O2.C2H4O2.Pd/c1-5(2,3)7-4-6;1-2(3)4;/h1-3H3;1H3,(H,3,4);/q;;+1/p-1. The average molecular weight is 267 g/mol. The van der Waals surface area contributed by atoms with Gasteiger partial charge in [0.15, 0.2) is 0 Å². The Kier molecular flexibility index (Phi) is 7.26. The van der Waals surface area contributed by atoms with Crippen LogP contribution in [0.3, 0.4) is 0 Å². The maximum atomic E-state index is 10.2. The molecule has 0 aliphatic rings. The van der Waals surface area contributed by atoms with E-state index in [0.717, 1.165) is 6.92 Å². The molecule has 0 radical (unpaired) electrons. The third kappa shape index (κ3) is 33.5. The van der Waals surface area contributed by atoms with Crippen LogP contribution < -0.4 is 5.11 Å². The van der Waals surface area contributed by atoms with Gasteiger partial charge in [-0.3, -0.25) is 0 Å². The van der Waals surface area contributed by atoms with E-state index in [1.807, 2.05) is 20.8 Å². The van der Waals surface area contributed by atoms with Crippen molar-refractivity contribution in [2.45, 2.75) is 33.3 Å². The first-order chi connectivity index (χ1) is 5.15. The Morgan fingerprint density at radius 1 is 1.33 bits per heavy atom. The van der Waals surface area contributed by atoms with Gasteiger partial charge < -0.3 is 9.90 Å². The summed E-state index contributed by atoms with van der Waals surface area (Å²) in [7, 11) is 0. The molecule has 0 N–H and O–H groups in total. The zero-order valence-corrected chi connectivity index (χ0v) is 9.00. The topological polar surface area (TPSA) is 66.4 Å². The van der Waals surface area contributed by atoms with Crippen LogP contribution in [0.5, 0.6) is 0 Å². The molecular weight excluding hydrogens is 254 g/mol. The summed E-state index contributed by atoms with van der Waals surface area (Å²) < 4.78 is 4.36. The van der Waals surface area contributed by atoms with Crippen LogP contribution in [-0.2, 0) is 28.7 Å². The number of carbonyl (C=O) groups is 2. The van der Waals surface area contributed by atoms with Gasteiger partial charge in [-0.05, 0) is 6.92 Å². The number of carboxylic acids is 1. The van der Waals surface area contributed by atoms with Gasteiger partial charge in [0.1, 0.15) is 0 Å². The fourth-order valence-electron chi connectivity index (χ4n) is 0.222. The van der Waals surface area contributed by atoms with Gasteiger partial charge in [-0.2, -0.15) is 0 Å². The summed E-state index contributed by atoms with van der Waals surface area (Å²) in [6, 6.07) is 0. The molecular formula is C7H12O4Pd. The molecule has 0 aromatic rings. The number of carboxylic acid groups (broad SMARTS) is 1. The van der Waals surface area contributed by atoms with Crippen molar-refractivity contribution in [1.82, 2.24) is 0 Å². The molecule has 4 nitrogen and oxygen atoms in total. The molecule has 12 heavy (non-hydrogen) atoms. The molecule has 0 aromatic heterocycles. The van der Waals surface area contributed by atoms with Gasteiger partial charge in [0.2, 0.25) is 0 Å². The van der Waals surface area contributed by atoms with E-state index in [9.17, 15) is 4.79 Å². The van der Waals surface area contributed by atoms with E-state index in [4.69, 9.17) is 14.6 Å². The van der Waals surface area contributed by atoms with E-state index >= 15 is 0 Å². The summed E-state index contributed by atoms with van der Waals surface area (Å²) >= 11 is 2.40. The second-order valence-electron chi connectivity index (χ2n) is 2.92. The van der Waals surface area contributed by atoms with Crippen molar-refractivity contribution in [3.05, 3.63) is 0 Å². The van der Waals surface area contributed by atoms with E-state index in [1.54, 1.807) is 0 Å². The van der Waals surface area contributed by atoms with Crippen molar-refractivity contribution in [2.24, 2.45) is 0 Å². The van der Waals surface area contributed by atoms with Gasteiger partial charge in [0.25, 0.3) is 0 Å². The first-order valence-electron chi connectivity index (χ1n) is 3.18. The summed E-state index contributed by atoms with van der Waals surface area (Å²) in [6.45, 7) is 6.43. The van der Waals surface area contributed by atoms with Crippen LogP contribution in [0.25, 0.3) is 0 Å². The Labute approximate surface area is 82.7 Å². The van der Waals surface area contributed by atoms with Crippen LogP contribution in [0.4, 0.5) is 4.79 Å². The molecule has 0 heterocycles. The van der Waals surface area contributed by atoms with Crippen LogP contribution in [-0.4, -0.2) is 16.0 Å². The number of aliphatic carboxylic acids is 1. The van der Waals surface area contributed by atoms with Crippen LogP contribution in [0, 0.1) is 0 Å². The van der Waals surface area contributed by atoms with E-state index < -0.39 is 5.97 Å². The molecule has 0 aliphatic carbocycles. The maximum absolute atomic E-state index is 10.2. The number of hydrogen-bond acceptors (Lipinski definition) is 4. The van der Waals surface area contributed by atoms with Gasteiger partial charge in [0, 0.05) is 5.97 Å². The summed E-state index contributed by atoms with van der Waals surface area (Å²) in [4.78, 5) is 19.1. The number of ether oxygens (including phenoxy) is 1. The minimum absolute atomic E-state index is 0.365. The monoisotopic (exact) mass is 266 g/mol. The summed E-state index contributed by atoms with van der Waals surface area (Å²) in [5.74, 6) is -1.08. The molecule has 0 amide bonds. The molecule has 0 fully saturated rings. The number of hydrogen-bond donors (Lipinski definition) is 0. The normalized spacial score (nSPS) is 9.50. The van der Waals surface area contributed by atoms with Gasteiger partial charge in [-0.1, -0.05) is 0 Å². The average Bonchev–Trinajstić information content (AvgIpc) is 1.52. The molecule has 74 valence electrons. The Morgan fingerprint density at radius 2 is 1.58 bits per heavy atom. The first kappa shape index (κ1) is 14.1. The molecule has 0 saturated carbocycles. The van der Waals surface area contributed by atoms with E-state index in [0.29, 0.717) is 0 Å². The van der Waals surface area contributed by atoms with Crippen molar-refractivity contribution in [3.8, 4) is 0 Å². The van der Waals surface area contributed by atoms with E-state index in [-0.39, 0.29) is 10.0 Å². The Bertz CT molecular complexity index is 155. The van der Waals surface area contributed by atoms with Crippen molar-refractivity contribution >= 4 is 10.4 Å². The van der Waals surface area contributed by atoms with Crippen molar-refractivity contribution < 1.29 is 38.6 Å². The molecule has 5 heteroatoms. The van der Waals surface area contributed by atoms with Gasteiger partial charge in [0.05, 0.1) is 0 Å². The van der Waals surface area contributed by atoms with Crippen molar-refractivity contribution in [2.75, 3.05) is 0 Å². The third-order valence-electron chi connectivity index (χ3n) is 0.380. The Morgan fingerprint density at radius 3 is 1.58 bits per heavy atom. The molecule has 0 saturated heterocycles. The summed E-state index contributed by atoms with van der Waals surface area (Å²) in [5.41, 5.74) is -0.365. The fraction of sp³-hybridized carbons (Fsp3) is 0.714. The van der Waals surface area contributed by atoms with Gasteiger partial charge in [-0.25, -0.2) is 0 Å². The van der Waals surface area contributed by atoms with Crippen LogP contribution in [0.2, 0.25) is 0 Å². The minimum atomic E-state index is -1.08. The van der Waals surface area contributed by atoms with Crippen LogP contribution in [0.15, 0.2) is 0 Å². The van der Waals surface area contributed by atoms with Crippen molar-refractivity contribution in [1.29, 1.82) is 0 Å². The van der Waals surface area contributed by atoms with Crippen LogP contribution >= 0.6 is 0 Å². The SMILES string of the molecule is CC(=O)[O-].CC(C)(C)O[C](=O)[Pd+]. The zero-order valence-electron chi connectivity index (χ0n) is 7.45. The molecule has 0 unspecified atom stereocenters. The molecule has 0 aromatic carbocycles. The van der Waals surface area contributed by atoms with Crippen LogP contribution in [0.1, 0.15) is 27.7 Å². The van der Waals surface area contributed by atoms with E-state index in [1.165, 1.54) is 0 Å². The number of carbonyl (C=O) groups excluding carboxylic acids is 2. The quantitative estimate of drug-likeness (QED) is 0.589. The Balaban J connectivity index is 0. The predicted molar refractivity (Wildman–Crippen MR) is 36.9 cm³/mol. The first-order valence-corrected chi connectivity index (χ1v) is 3.96. The molecule has 0 atom stereocenters. The second-order valence-corrected chi connectivity index (χ2v) is 3.55. The molecule has 0 spiro atoms. The van der Waals surface area contributed by atoms with Gasteiger partial charge >= 0.3 is 59.5 Å². The zero-order chi connectivity index (χ0) is 10.4. The Hall–Kier alpha value is -0.398.